The predicted octanol–water partition coefficient (Wildman–Crippen LogP) is 2.79. The number of nitrogen functional groups attached to an aromatic ring is 1. The van der Waals surface area contributed by atoms with Crippen LogP contribution >= 0.6 is 15.9 Å². The maximum Gasteiger partial charge on any atom is 0.149 e. The van der Waals surface area contributed by atoms with Gasteiger partial charge in [-0.05, 0) is 31.0 Å². The van der Waals surface area contributed by atoms with Crippen LogP contribution in [0.15, 0.2) is 10.5 Å². The van der Waals surface area contributed by atoms with E-state index < -0.39 is 0 Å². The van der Waals surface area contributed by atoms with Gasteiger partial charge in [-0.15, -0.1) is 0 Å². The van der Waals surface area contributed by atoms with Gasteiger partial charge in [0.1, 0.15) is 5.82 Å². The molecule has 0 aliphatic heterocycles. The number of nitrogens with two attached hydrogens (primary N) is 1. The molecule has 1 nitrogen and oxygen atoms in total. The van der Waals surface area contributed by atoms with Crippen LogP contribution in [-0.4, -0.2) is 0 Å². The second kappa shape index (κ2) is 2.81. The molecular formula is C8H9BrFN. The molecule has 0 amide bonds. The normalized spacial score (nSPS) is 10.2. The summed E-state index contributed by atoms with van der Waals surface area (Å²) in [5, 5.41) is 0. The maximum absolute atomic E-state index is 13.0. The van der Waals surface area contributed by atoms with E-state index in [1.165, 1.54) is 0 Å². The van der Waals surface area contributed by atoms with Crippen LogP contribution in [-0.2, 0) is 0 Å². The molecule has 1 aromatic carbocycles. The molecular weight excluding hydrogens is 209 g/mol. The Labute approximate surface area is 73.5 Å². The predicted molar refractivity (Wildman–Crippen MR) is 48.0 cm³/mol. The van der Waals surface area contributed by atoms with Crippen molar-refractivity contribution >= 4 is 21.6 Å². The van der Waals surface area contributed by atoms with Gasteiger partial charge in [0.2, 0.25) is 0 Å². The first-order valence-corrected chi connectivity index (χ1v) is 4.04. The lowest BCUT2D eigenvalue weighted by Gasteiger charge is -2.06. The third-order valence-corrected chi connectivity index (χ3v) is 2.61. The lowest BCUT2D eigenvalue weighted by molar-refractivity contribution is 0.621. The zero-order valence-electron chi connectivity index (χ0n) is 6.41. The van der Waals surface area contributed by atoms with E-state index in [2.05, 4.69) is 15.9 Å². The molecule has 2 N–H and O–H groups in total. The van der Waals surface area contributed by atoms with Crippen molar-refractivity contribution in [2.75, 3.05) is 5.73 Å². The zero-order valence-corrected chi connectivity index (χ0v) is 8.00. The van der Waals surface area contributed by atoms with E-state index >= 15 is 0 Å². The van der Waals surface area contributed by atoms with Gasteiger partial charge < -0.3 is 5.73 Å². The van der Waals surface area contributed by atoms with Crippen molar-refractivity contribution in [3.8, 4) is 0 Å². The minimum atomic E-state index is -0.314. The third-order valence-electron chi connectivity index (χ3n) is 1.79. The highest BCUT2D eigenvalue weighted by molar-refractivity contribution is 9.10. The van der Waals surface area contributed by atoms with Crippen LogP contribution in [0.4, 0.5) is 10.1 Å². The largest absolute Gasteiger partial charge is 0.396 e. The molecule has 0 aliphatic carbocycles. The highest BCUT2D eigenvalue weighted by Crippen LogP contribution is 2.26. The maximum atomic E-state index is 13.0. The number of rotatable bonds is 0. The summed E-state index contributed by atoms with van der Waals surface area (Å²) in [7, 11) is 0. The number of hydrogen-bond acceptors (Lipinski definition) is 1. The molecule has 0 saturated heterocycles. The quantitative estimate of drug-likeness (QED) is 0.665. The monoisotopic (exact) mass is 217 g/mol. The van der Waals surface area contributed by atoms with E-state index in [9.17, 15) is 4.39 Å². The zero-order chi connectivity index (χ0) is 8.59. The molecule has 0 aromatic heterocycles. The van der Waals surface area contributed by atoms with Crippen LogP contribution in [0.1, 0.15) is 11.1 Å². The Balaban J connectivity index is 3.46. The Hall–Kier alpha value is -0.570. The SMILES string of the molecule is Cc1c(Br)cc(N)c(F)c1C. The average molecular weight is 218 g/mol. The van der Waals surface area contributed by atoms with Crippen molar-refractivity contribution in [3.63, 3.8) is 0 Å². The number of benzene rings is 1. The average Bonchev–Trinajstić information content (AvgIpc) is 1.97. The Morgan fingerprint density at radius 1 is 1.36 bits per heavy atom. The first-order valence-electron chi connectivity index (χ1n) is 3.24. The van der Waals surface area contributed by atoms with Crippen molar-refractivity contribution < 1.29 is 4.39 Å². The van der Waals surface area contributed by atoms with Gasteiger partial charge in [0, 0.05) is 4.47 Å². The van der Waals surface area contributed by atoms with Gasteiger partial charge in [-0.2, -0.15) is 0 Å². The van der Waals surface area contributed by atoms with Gasteiger partial charge in [0.15, 0.2) is 0 Å². The molecule has 1 aromatic rings. The van der Waals surface area contributed by atoms with Crippen molar-refractivity contribution in [1.29, 1.82) is 0 Å². The summed E-state index contributed by atoms with van der Waals surface area (Å²) in [6, 6.07) is 1.58. The summed E-state index contributed by atoms with van der Waals surface area (Å²) < 4.78 is 13.9. The highest BCUT2D eigenvalue weighted by Gasteiger charge is 2.07. The fourth-order valence-corrected chi connectivity index (χ4v) is 1.41. The van der Waals surface area contributed by atoms with E-state index in [0.717, 1.165) is 10.0 Å². The minimum absolute atomic E-state index is 0.194. The Kier molecular flexibility index (Phi) is 2.18. The van der Waals surface area contributed by atoms with Crippen molar-refractivity contribution in [3.05, 3.63) is 27.5 Å². The number of anilines is 1. The van der Waals surface area contributed by atoms with Crippen LogP contribution in [0.3, 0.4) is 0 Å². The van der Waals surface area contributed by atoms with E-state index in [0.29, 0.717) is 5.56 Å². The first kappa shape index (κ1) is 8.53. The lowest BCUT2D eigenvalue weighted by Crippen LogP contribution is -1.96. The fourth-order valence-electron chi connectivity index (χ4n) is 0.868. The molecule has 0 saturated carbocycles. The van der Waals surface area contributed by atoms with Crippen LogP contribution < -0.4 is 5.73 Å². The molecule has 60 valence electrons. The third kappa shape index (κ3) is 1.38. The van der Waals surface area contributed by atoms with Crippen molar-refractivity contribution in [2.24, 2.45) is 0 Å². The molecule has 1 rings (SSSR count). The second-order valence-electron chi connectivity index (χ2n) is 2.51. The lowest BCUT2D eigenvalue weighted by atomic mass is 10.1. The summed E-state index contributed by atoms with van der Waals surface area (Å²) in [6.07, 6.45) is 0. The van der Waals surface area contributed by atoms with Gasteiger partial charge in [-0.1, -0.05) is 15.9 Å². The molecule has 3 heteroatoms. The van der Waals surface area contributed by atoms with Gasteiger partial charge in [-0.3, -0.25) is 0 Å². The summed E-state index contributed by atoms with van der Waals surface area (Å²) in [6.45, 7) is 3.56. The Bertz CT molecular complexity index is 270. The smallest absolute Gasteiger partial charge is 0.149 e. The van der Waals surface area contributed by atoms with Crippen LogP contribution in [0.5, 0.6) is 0 Å². The molecule has 0 atom stereocenters. The van der Waals surface area contributed by atoms with Gasteiger partial charge in [0.25, 0.3) is 0 Å². The molecule has 0 aliphatic rings. The van der Waals surface area contributed by atoms with Crippen LogP contribution in [0.2, 0.25) is 0 Å². The minimum Gasteiger partial charge on any atom is -0.396 e. The van der Waals surface area contributed by atoms with Gasteiger partial charge in [0.05, 0.1) is 5.69 Å². The molecule has 0 fully saturated rings. The topological polar surface area (TPSA) is 26.0 Å². The summed E-state index contributed by atoms with van der Waals surface area (Å²) in [5.41, 5.74) is 7.09. The molecule has 0 radical (unpaired) electrons. The summed E-state index contributed by atoms with van der Waals surface area (Å²) in [5.74, 6) is -0.314. The molecule has 11 heavy (non-hydrogen) atoms. The van der Waals surface area contributed by atoms with Gasteiger partial charge >= 0.3 is 0 Å². The van der Waals surface area contributed by atoms with E-state index in [1.807, 2.05) is 6.92 Å². The molecule has 0 unspecified atom stereocenters. The molecule has 0 bridgehead atoms. The summed E-state index contributed by atoms with van der Waals surface area (Å²) >= 11 is 3.28. The Morgan fingerprint density at radius 3 is 2.45 bits per heavy atom. The van der Waals surface area contributed by atoms with E-state index in [4.69, 9.17) is 5.73 Å². The van der Waals surface area contributed by atoms with E-state index in [1.54, 1.807) is 13.0 Å². The number of halogens is 2. The summed E-state index contributed by atoms with van der Waals surface area (Å²) in [4.78, 5) is 0. The van der Waals surface area contributed by atoms with Crippen molar-refractivity contribution in [2.45, 2.75) is 13.8 Å². The van der Waals surface area contributed by atoms with Crippen LogP contribution in [0.25, 0.3) is 0 Å². The first-order chi connectivity index (χ1) is 5.04. The highest BCUT2D eigenvalue weighted by atomic mass is 79.9. The molecule has 0 heterocycles. The number of hydrogen-bond donors (Lipinski definition) is 1. The van der Waals surface area contributed by atoms with Gasteiger partial charge in [-0.25, -0.2) is 4.39 Å². The standard InChI is InChI=1S/C8H9BrFN/c1-4-5(2)8(10)7(11)3-6(4)9/h3H,11H2,1-2H3. The van der Waals surface area contributed by atoms with E-state index in [-0.39, 0.29) is 11.5 Å². The fraction of sp³-hybridized carbons (Fsp3) is 0.250. The van der Waals surface area contributed by atoms with Crippen LogP contribution in [0, 0.1) is 19.7 Å². The van der Waals surface area contributed by atoms with Crippen molar-refractivity contribution in [1.82, 2.24) is 0 Å². The molecule has 0 spiro atoms. The second-order valence-corrected chi connectivity index (χ2v) is 3.37. The Morgan fingerprint density at radius 2 is 1.91 bits per heavy atom.